The van der Waals surface area contributed by atoms with E-state index in [9.17, 15) is 14.4 Å². The lowest BCUT2D eigenvalue weighted by molar-refractivity contribution is 0.0373. The van der Waals surface area contributed by atoms with Crippen molar-refractivity contribution in [3.8, 4) is 0 Å². The van der Waals surface area contributed by atoms with E-state index < -0.39 is 18.0 Å². The topological polar surface area (TPSA) is 91.9 Å². The van der Waals surface area contributed by atoms with Crippen molar-refractivity contribution in [2.24, 2.45) is 0 Å². The van der Waals surface area contributed by atoms with Gasteiger partial charge >= 0.3 is 6.16 Å². The predicted molar refractivity (Wildman–Crippen MR) is 128 cm³/mol. The highest BCUT2D eigenvalue weighted by atomic mass is 16.7. The van der Waals surface area contributed by atoms with Crippen LogP contribution in [0, 0.1) is 0 Å². The average molecular weight is 481 g/mol. The van der Waals surface area contributed by atoms with E-state index in [0.717, 1.165) is 35.7 Å². The number of carbonyl (C=O) groups is 3. The fraction of sp³-hybridized carbons (Fsp3) is 0.400. The number of nitrogens with zero attached hydrogens (tertiary/aromatic N) is 4. The quantitative estimate of drug-likeness (QED) is 0.436. The van der Waals surface area contributed by atoms with Crippen LogP contribution in [0.3, 0.4) is 0 Å². The van der Waals surface area contributed by atoms with Crippen molar-refractivity contribution in [3.05, 3.63) is 53.9 Å². The Kier molecular flexibility index (Phi) is 6.45. The zero-order valence-corrected chi connectivity index (χ0v) is 19.6. The number of morpholine rings is 1. The van der Waals surface area contributed by atoms with Gasteiger partial charge in [0.2, 0.25) is 0 Å². The molecular formula is C25H28N4O6. The van der Waals surface area contributed by atoms with Crippen LogP contribution in [-0.4, -0.2) is 99.0 Å². The molecule has 184 valence electrons. The summed E-state index contributed by atoms with van der Waals surface area (Å²) in [5, 5.41) is 1.55. The summed E-state index contributed by atoms with van der Waals surface area (Å²) in [6.45, 7) is 4.07. The summed E-state index contributed by atoms with van der Waals surface area (Å²) < 4.78 is 15.7. The zero-order valence-electron chi connectivity index (χ0n) is 19.6. The summed E-state index contributed by atoms with van der Waals surface area (Å²) in [5.74, 6) is -0.789. The standard InChI is InChI=1S/C25H28N4O6/c1-26-7-8-27(17-26)9-15-34-25(32)35-16-12-29-23(30)19-4-2-3-18-21(28-10-13-33-14-11-28)6-5-20(22(18)19)24(29)31/h2-8H,9-17H2,1H3. The van der Waals surface area contributed by atoms with Crippen LogP contribution in [0.1, 0.15) is 20.7 Å². The number of hydrogen-bond acceptors (Lipinski definition) is 9. The summed E-state index contributed by atoms with van der Waals surface area (Å²) in [6.07, 6.45) is 3.04. The van der Waals surface area contributed by atoms with Gasteiger partial charge in [-0.1, -0.05) is 12.1 Å². The summed E-state index contributed by atoms with van der Waals surface area (Å²) in [5.41, 5.74) is 1.93. The van der Waals surface area contributed by atoms with Gasteiger partial charge in [0, 0.05) is 60.1 Å². The van der Waals surface area contributed by atoms with Crippen molar-refractivity contribution < 1.29 is 28.6 Å². The molecule has 1 fully saturated rings. The number of ether oxygens (including phenoxy) is 3. The van der Waals surface area contributed by atoms with Gasteiger partial charge in [0.15, 0.2) is 0 Å². The van der Waals surface area contributed by atoms with Crippen LogP contribution in [-0.2, 0) is 14.2 Å². The van der Waals surface area contributed by atoms with E-state index in [1.807, 2.05) is 47.4 Å². The molecule has 3 aliphatic rings. The van der Waals surface area contributed by atoms with Crippen LogP contribution >= 0.6 is 0 Å². The van der Waals surface area contributed by atoms with Gasteiger partial charge < -0.3 is 28.9 Å². The maximum Gasteiger partial charge on any atom is 0.508 e. The molecule has 0 N–H and O–H groups in total. The molecule has 35 heavy (non-hydrogen) atoms. The number of anilines is 1. The molecule has 3 aliphatic heterocycles. The van der Waals surface area contributed by atoms with Crippen molar-refractivity contribution in [3.63, 3.8) is 0 Å². The Morgan fingerprint density at radius 1 is 0.943 bits per heavy atom. The van der Waals surface area contributed by atoms with Crippen LogP contribution in [0.5, 0.6) is 0 Å². The highest BCUT2D eigenvalue weighted by Gasteiger charge is 2.34. The first-order chi connectivity index (χ1) is 17.0. The predicted octanol–water partition coefficient (Wildman–Crippen LogP) is 2.10. The smallest absolute Gasteiger partial charge is 0.432 e. The first kappa shape index (κ1) is 23.0. The molecule has 0 bridgehead atoms. The van der Waals surface area contributed by atoms with Gasteiger partial charge in [-0.3, -0.25) is 14.5 Å². The molecule has 2 amide bonds. The second kappa shape index (κ2) is 9.83. The molecule has 0 radical (unpaired) electrons. The van der Waals surface area contributed by atoms with Gasteiger partial charge in [-0.2, -0.15) is 0 Å². The average Bonchev–Trinajstić information content (AvgIpc) is 3.29. The van der Waals surface area contributed by atoms with E-state index in [1.165, 1.54) is 0 Å². The lowest BCUT2D eigenvalue weighted by atomic mass is 9.92. The highest BCUT2D eigenvalue weighted by Crippen LogP contribution is 2.36. The van der Waals surface area contributed by atoms with Gasteiger partial charge in [-0.05, 0) is 18.2 Å². The Morgan fingerprint density at radius 2 is 1.66 bits per heavy atom. The summed E-state index contributed by atoms with van der Waals surface area (Å²) in [6, 6.07) is 9.21. The molecular weight excluding hydrogens is 452 g/mol. The fourth-order valence-electron chi connectivity index (χ4n) is 4.66. The van der Waals surface area contributed by atoms with E-state index in [2.05, 4.69) is 4.90 Å². The third-order valence-corrected chi connectivity index (χ3v) is 6.39. The molecule has 3 heterocycles. The Bertz CT molecular complexity index is 1150. The minimum absolute atomic E-state index is 0.0481. The molecule has 0 spiro atoms. The third-order valence-electron chi connectivity index (χ3n) is 6.39. The molecule has 0 unspecified atom stereocenters. The van der Waals surface area contributed by atoms with Crippen molar-refractivity contribution in [1.82, 2.24) is 14.7 Å². The molecule has 2 aromatic rings. The lowest BCUT2D eigenvalue weighted by Crippen LogP contribution is -2.42. The number of benzene rings is 2. The summed E-state index contributed by atoms with van der Waals surface area (Å²) in [7, 11) is 1.96. The number of rotatable bonds is 7. The van der Waals surface area contributed by atoms with Crippen molar-refractivity contribution in [1.29, 1.82) is 0 Å². The Balaban J connectivity index is 1.22. The molecule has 0 aromatic heterocycles. The highest BCUT2D eigenvalue weighted by molar-refractivity contribution is 6.26. The molecule has 0 atom stereocenters. The number of amides is 2. The van der Waals surface area contributed by atoms with Gasteiger partial charge in [0.05, 0.1) is 33.0 Å². The van der Waals surface area contributed by atoms with Gasteiger partial charge in [0.25, 0.3) is 11.8 Å². The molecule has 0 aliphatic carbocycles. The number of hydrogen-bond donors (Lipinski definition) is 0. The minimum Gasteiger partial charge on any atom is -0.432 e. The third kappa shape index (κ3) is 4.61. The molecule has 10 heteroatoms. The molecule has 10 nitrogen and oxygen atoms in total. The van der Waals surface area contributed by atoms with Crippen LogP contribution in [0.25, 0.3) is 10.8 Å². The maximum absolute atomic E-state index is 13.2. The maximum atomic E-state index is 13.2. The van der Waals surface area contributed by atoms with E-state index in [1.54, 1.807) is 12.1 Å². The van der Waals surface area contributed by atoms with Gasteiger partial charge in [0.1, 0.15) is 13.2 Å². The van der Waals surface area contributed by atoms with Gasteiger partial charge in [-0.25, -0.2) is 4.79 Å². The SMILES string of the molecule is CN1C=CN(CCOC(=O)OCCN2C(=O)c3cccc4c(N5CCOCC5)ccc(c34)C2=O)C1. The molecule has 0 saturated carbocycles. The van der Waals surface area contributed by atoms with Crippen LogP contribution in [0.2, 0.25) is 0 Å². The second-order valence-electron chi connectivity index (χ2n) is 8.68. The largest absolute Gasteiger partial charge is 0.508 e. The first-order valence-corrected chi connectivity index (χ1v) is 11.7. The normalized spacial score (nSPS) is 17.5. The van der Waals surface area contributed by atoms with E-state index in [4.69, 9.17) is 14.2 Å². The van der Waals surface area contributed by atoms with E-state index in [0.29, 0.717) is 36.3 Å². The summed E-state index contributed by atoms with van der Waals surface area (Å²) in [4.78, 5) is 45.7. The zero-order chi connectivity index (χ0) is 24.4. The van der Waals surface area contributed by atoms with Gasteiger partial charge in [-0.15, -0.1) is 0 Å². The second-order valence-corrected chi connectivity index (χ2v) is 8.68. The fourth-order valence-corrected chi connectivity index (χ4v) is 4.66. The van der Waals surface area contributed by atoms with Crippen molar-refractivity contribution in [2.45, 2.75) is 0 Å². The molecule has 2 aromatic carbocycles. The Hall–Kier alpha value is -3.79. The summed E-state index contributed by atoms with van der Waals surface area (Å²) >= 11 is 0. The van der Waals surface area contributed by atoms with E-state index in [-0.39, 0.29) is 19.8 Å². The Morgan fingerprint density at radius 3 is 2.37 bits per heavy atom. The van der Waals surface area contributed by atoms with Crippen molar-refractivity contribution in [2.75, 3.05) is 71.2 Å². The van der Waals surface area contributed by atoms with Crippen molar-refractivity contribution >= 4 is 34.4 Å². The minimum atomic E-state index is -0.823. The molecule has 1 saturated heterocycles. The Labute approximate surface area is 203 Å². The first-order valence-electron chi connectivity index (χ1n) is 11.7. The van der Waals surface area contributed by atoms with E-state index >= 15 is 0 Å². The monoisotopic (exact) mass is 480 g/mol. The molecule has 5 rings (SSSR count). The number of carbonyl (C=O) groups excluding carboxylic acids is 3. The lowest BCUT2D eigenvalue weighted by Gasteiger charge is -2.32. The van der Waals surface area contributed by atoms with Crippen LogP contribution in [0.15, 0.2) is 42.7 Å². The number of imide groups is 1. The van der Waals surface area contributed by atoms with Crippen LogP contribution in [0.4, 0.5) is 10.5 Å². The van der Waals surface area contributed by atoms with Crippen LogP contribution < -0.4 is 4.90 Å².